The predicted octanol–water partition coefficient (Wildman–Crippen LogP) is 4.47. The lowest BCUT2D eigenvalue weighted by atomic mass is 9.78. The van der Waals surface area contributed by atoms with E-state index in [-0.39, 0.29) is 10.6 Å². The monoisotopic (exact) mass is 286 g/mol. The lowest BCUT2D eigenvalue weighted by Gasteiger charge is -2.41. The highest BCUT2D eigenvalue weighted by molar-refractivity contribution is 6.31. The second-order valence-corrected chi connectivity index (χ2v) is 5.78. The van der Waals surface area contributed by atoms with E-state index in [4.69, 9.17) is 23.2 Å². The summed E-state index contributed by atoms with van der Waals surface area (Å²) < 4.78 is 15.6. The SMILES string of the molecule is CC1(n2c(CCl)nc3cc(F)c(Cl)cc32)CCC1. The minimum absolute atomic E-state index is 0.0418. The number of imidazole rings is 1. The normalized spacial score (nSPS) is 18.0. The minimum Gasteiger partial charge on any atom is -0.321 e. The smallest absolute Gasteiger partial charge is 0.144 e. The van der Waals surface area contributed by atoms with Gasteiger partial charge in [-0.15, -0.1) is 11.6 Å². The zero-order valence-electron chi connectivity index (χ0n) is 10.0. The molecule has 0 aliphatic heterocycles. The van der Waals surface area contributed by atoms with Gasteiger partial charge < -0.3 is 4.57 Å². The molecular weight excluding hydrogens is 274 g/mol. The van der Waals surface area contributed by atoms with Crippen molar-refractivity contribution < 1.29 is 4.39 Å². The Hall–Kier alpha value is -0.800. The first-order chi connectivity index (χ1) is 8.55. The molecule has 2 nitrogen and oxygen atoms in total. The van der Waals surface area contributed by atoms with Crippen molar-refractivity contribution >= 4 is 34.2 Å². The molecule has 1 saturated carbocycles. The van der Waals surface area contributed by atoms with Crippen molar-refractivity contribution in [1.29, 1.82) is 0 Å². The van der Waals surface area contributed by atoms with Crippen LogP contribution in [0.15, 0.2) is 12.1 Å². The average Bonchev–Trinajstić information content (AvgIpc) is 2.65. The fourth-order valence-corrected chi connectivity index (χ4v) is 3.06. The maximum atomic E-state index is 13.5. The van der Waals surface area contributed by atoms with Crippen LogP contribution < -0.4 is 0 Å². The number of benzene rings is 1. The van der Waals surface area contributed by atoms with Crippen LogP contribution in [-0.2, 0) is 11.4 Å². The van der Waals surface area contributed by atoms with Gasteiger partial charge in [0.05, 0.1) is 21.9 Å². The zero-order valence-corrected chi connectivity index (χ0v) is 11.5. The average molecular weight is 287 g/mol. The Morgan fingerprint density at radius 2 is 2.17 bits per heavy atom. The van der Waals surface area contributed by atoms with E-state index in [2.05, 4.69) is 16.5 Å². The van der Waals surface area contributed by atoms with Crippen molar-refractivity contribution in [3.05, 3.63) is 28.8 Å². The summed E-state index contributed by atoms with van der Waals surface area (Å²) in [6.45, 7) is 2.19. The number of rotatable bonds is 2. The third kappa shape index (κ3) is 1.64. The van der Waals surface area contributed by atoms with Crippen LogP contribution in [0.2, 0.25) is 5.02 Å². The molecule has 5 heteroatoms. The van der Waals surface area contributed by atoms with Crippen LogP contribution in [0.25, 0.3) is 11.0 Å². The standard InChI is InChI=1S/C13H13Cl2FN2/c1-13(3-2-4-13)18-11-5-8(15)9(16)6-10(11)17-12(18)7-14/h5-6H,2-4,7H2,1H3. The van der Waals surface area contributed by atoms with Gasteiger partial charge in [-0.3, -0.25) is 0 Å². The summed E-state index contributed by atoms with van der Waals surface area (Å²) in [6, 6.07) is 3.03. The molecule has 1 heterocycles. The lowest BCUT2D eigenvalue weighted by Crippen LogP contribution is -2.38. The Labute approximate surface area is 115 Å². The van der Waals surface area contributed by atoms with Crippen LogP contribution in [0.3, 0.4) is 0 Å². The minimum atomic E-state index is -0.436. The molecule has 0 atom stereocenters. The highest BCUT2D eigenvalue weighted by Gasteiger charge is 2.36. The van der Waals surface area contributed by atoms with Gasteiger partial charge in [0, 0.05) is 11.6 Å². The van der Waals surface area contributed by atoms with Gasteiger partial charge in [-0.1, -0.05) is 11.6 Å². The molecule has 3 rings (SSSR count). The Bertz CT molecular complexity index is 617. The van der Waals surface area contributed by atoms with Crippen molar-refractivity contribution in [2.45, 2.75) is 37.6 Å². The van der Waals surface area contributed by atoms with E-state index in [1.165, 1.54) is 12.5 Å². The Kier molecular flexibility index (Phi) is 2.79. The first kappa shape index (κ1) is 12.2. The molecule has 1 aliphatic carbocycles. The van der Waals surface area contributed by atoms with Crippen LogP contribution in [0.4, 0.5) is 4.39 Å². The molecule has 0 amide bonds. The van der Waals surface area contributed by atoms with Crippen molar-refractivity contribution in [3.63, 3.8) is 0 Å². The topological polar surface area (TPSA) is 17.8 Å². The first-order valence-corrected chi connectivity index (χ1v) is 6.89. The van der Waals surface area contributed by atoms with Crippen molar-refractivity contribution in [3.8, 4) is 0 Å². The van der Waals surface area contributed by atoms with E-state index in [0.717, 1.165) is 24.2 Å². The fourth-order valence-electron chi connectivity index (χ4n) is 2.73. The molecule has 0 unspecified atom stereocenters. The van der Waals surface area contributed by atoms with E-state index in [0.29, 0.717) is 11.4 Å². The number of hydrogen-bond acceptors (Lipinski definition) is 1. The van der Waals surface area contributed by atoms with Gasteiger partial charge in [-0.25, -0.2) is 9.37 Å². The van der Waals surface area contributed by atoms with Gasteiger partial charge >= 0.3 is 0 Å². The van der Waals surface area contributed by atoms with Crippen LogP contribution in [0.1, 0.15) is 32.0 Å². The molecule has 1 fully saturated rings. The first-order valence-electron chi connectivity index (χ1n) is 5.98. The number of nitrogens with zero attached hydrogens (tertiary/aromatic N) is 2. The third-order valence-electron chi connectivity index (χ3n) is 3.86. The van der Waals surface area contributed by atoms with Crippen molar-refractivity contribution in [2.24, 2.45) is 0 Å². The fraction of sp³-hybridized carbons (Fsp3) is 0.462. The summed E-state index contributed by atoms with van der Waals surface area (Å²) in [5.41, 5.74) is 1.54. The van der Waals surface area contributed by atoms with E-state index in [1.54, 1.807) is 6.07 Å². The van der Waals surface area contributed by atoms with E-state index in [9.17, 15) is 4.39 Å². The molecular formula is C13H13Cl2FN2. The maximum absolute atomic E-state index is 13.5. The summed E-state index contributed by atoms with van der Waals surface area (Å²) in [5.74, 6) is 0.674. The van der Waals surface area contributed by atoms with Crippen LogP contribution in [-0.4, -0.2) is 9.55 Å². The molecule has 0 radical (unpaired) electrons. The maximum Gasteiger partial charge on any atom is 0.144 e. The number of hydrogen-bond donors (Lipinski definition) is 0. The zero-order chi connectivity index (χ0) is 12.9. The summed E-state index contributed by atoms with van der Waals surface area (Å²) in [5, 5.41) is 0.132. The molecule has 0 N–H and O–H groups in total. The van der Waals surface area contributed by atoms with Crippen molar-refractivity contribution in [2.75, 3.05) is 0 Å². The third-order valence-corrected chi connectivity index (χ3v) is 4.38. The number of halogens is 3. The van der Waals surface area contributed by atoms with Gasteiger partial charge in [-0.05, 0) is 32.3 Å². The molecule has 1 aromatic heterocycles. The van der Waals surface area contributed by atoms with Crippen LogP contribution in [0.5, 0.6) is 0 Å². The summed E-state index contributed by atoms with van der Waals surface area (Å²) in [4.78, 5) is 4.41. The summed E-state index contributed by atoms with van der Waals surface area (Å²) in [6.07, 6.45) is 3.39. The molecule has 18 heavy (non-hydrogen) atoms. The molecule has 0 bridgehead atoms. The second-order valence-electron chi connectivity index (χ2n) is 5.10. The van der Waals surface area contributed by atoms with Crippen molar-refractivity contribution in [1.82, 2.24) is 9.55 Å². The molecule has 96 valence electrons. The molecule has 0 saturated heterocycles. The summed E-state index contributed by atoms with van der Waals surface area (Å²) >= 11 is 11.8. The predicted molar refractivity (Wildman–Crippen MR) is 71.8 cm³/mol. The number of fused-ring (bicyclic) bond motifs is 1. The highest BCUT2D eigenvalue weighted by Crippen LogP contribution is 2.42. The van der Waals surface area contributed by atoms with Gasteiger partial charge in [0.2, 0.25) is 0 Å². The van der Waals surface area contributed by atoms with Gasteiger partial charge in [-0.2, -0.15) is 0 Å². The highest BCUT2D eigenvalue weighted by atomic mass is 35.5. The molecule has 0 spiro atoms. The number of alkyl halides is 1. The summed E-state index contributed by atoms with van der Waals surface area (Å²) in [7, 11) is 0. The number of aromatic nitrogens is 2. The lowest BCUT2D eigenvalue weighted by molar-refractivity contribution is 0.171. The van der Waals surface area contributed by atoms with Gasteiger partial charge in [0.15, 0.2) is 0 Å². The Morgan fingerprint density at radius 1 is 1.44 bits per heavy atom. The molecule has 1 aromatic carbocycles. The largest absolute Gasteiger partial charge is 0.321 e. The van der Waals surface area contributed by atoms with E-state index in [1.807, 2.05) is 0 Å². The molecule has 2 aromatic rings. The Balaban J connectivity index is 2.30. The Morgan fingerprint density at radius 3 is 2.72 bits per heavy atom. The van der Waals surface area contributed by atoms with Crippen LogP contribution >= 0.6 is 23.2 Å². The van der Waals surface area contributed by atoms with Gasteiger partial charge in [0.25, 0.3) is 0 Å². The second kappa shape index (κ2) is 4.10. The van der Waals surface area contributed by atoms with Gasteiger partial charge in [0.1, 0.15) is 11.6 Å². The molecule has 1 aliphatic rings. The quantitative estimate of drug-likeness (QED) is 0.745. The van der Waals surface area contributed by atoms with E-state index >= 15 is 0 Å². The van der Waals surface area contributed by atoms with E-state index < -0.39 is 5.82 Å². The van der Waals surface area contributed by atoms with Crippen LogP contribution in [0, 0.1) is 5.82 Å².